The van der Waals surface area contributed by atoms with Gasteiger partial charge in [0.15, 0.2) is 11.5 Å². The Bertz CT molecular complexity index is 823. The van der Waals surface area contributed by atoms with Gasteiger partial charge in [0.05, 0.1) is 13.2 Å². The van der Waals surface area contributed by atoms with Crippen molar-refractivity contribution in [2.75, 3.05) is 7.11 Å². The van der Waals surface area contributed by atoms with Gasteiger partial charge in [-0.25, -0.2) is 5.14 Å². The first-order valence-electron chi connectivity index (χ1n) is 9.33. The number of aryl methyl sites for hydroxylation is 1. The minimum absolute atomic E-state index is 0.147. The molecule has 2 saturated carbocycles. The number of nitrogens with two attached hydrogens (primary N) is 1. The smallest absolute Gasteiger partial charge is 0.333 e. The van der Waals surface area contributed by atoms with Gasteiger partial charge in [0.25, 0.3) is 0 Å². The van der Waals surface area contributed by atoms with Crippen molar-refractivity contribution in [1.82, 2.24) is 0 Å². The lowest BCUT2D eigenvalue weighted by atomic mass is 9.55. The predicted octanol–water partition coefficient (Wildman–Crippen LogP) is 2.85. The molecule has 0 aromatic heterocycles. The molecule has 144 valence electrons. The summed E-state index contributed by atoms with van der Waals surface area (Å²) < 4.78 is 33.5. The Balaban J connectivity index is 1.65. The molecular weight excluding hydrogens is 354 g/mol. The van der Waals surface area contributed by atoms with Gasteiger partial charge in [-0.3, -0.25) is 4.18 Å². The van der Waals surface area contributed by atoms with E-state index in [0.717, 1.165) is 38.5 Å². The van der Waals surface area contributed by atoms with Gasteiger partial charge in [-0.1, -0.05) is 6.92 Å². The monoisotopic (exact) mass is 381 g/mol. The summed E-state index contributed by atoms with van der Waals surface area (Å²) in [5, 5.41) is 15.2. The van der Waals surface area contributed by atoms with Crippen molar-refractivity contribution in [2.24, 2.45) is 22.4 Å². The zero-order valence-corrected chi connectivity index (χ0v) is 16.1. The van der Waals surface area contributed by atoms with Crippen LogP contribution in [-0.4, -0.2) is 26.7 Å². The van der Waals surface area contributed by atoms with E-state index >= 15 is 0 Å². The maximum Gasteiger partial charge on any atom is 0.333 e. The molecule has 0 aliphatic heterocycles. The molecule has 7 heteroatoms. The Kier molecular flexibility index (Phi) is 4.24. The third-order valence-corrected chi connectivity index (χ3v) is 7.69. The van der Waals surface area contributed by atoms with E-state index in [2.05, 4.69) is 6.92 Å². The highest BCUT2D eigenvalue weighted by Gasteiger charge is 2.56. The van der Waals surface area contributed by atoms with E-state index in [4.69, 9.17) is 14.1 Å². The quantitative estimate of drug-likeness (QED) is 0.839. The molecule has 3 aliphatic carbocycles. The second kappa shape index (κ2) is 6.11. The Hall–Kier alpha value is -1.31. The molecule has 1 aromatic carbocycles. The maximum atomic E-state index is 11.5. The zero-order valence-electron chi connectivity index (χ0n) is 15.3. The second-order valence-electron chi connectivity index (χ2n) is 8.34. The van der Waals surface area contributed by atoms with E-state index in [1.165, 1.54) is 11.1 Å². The molecule has 0 bridgehead atoms. The highest BCUT2D eigenvalue weighted by atomic mass is 32.2. The largest absolute Gasteiger partial charge is 0.504 e. The van der Waals surface area contributed by atoms with Crippen molar-refractivity contribution < 1.29 is 22.4 Å². The van der Waals surface area contributed by atoms with E-state index in [1.807, 2.05) is 12.1 Å². The summed E-state index contributed by atoms with van der Waals surface area (Å²) in [5.41, 5.74) is 2.35. The van der Waals surface area contributed by atoms with E-state index in [1.54, 1.807) is 7.11 Å². The third kappa shape index (κ3) is 2.80. The van der Waals surface area contributed by atoms with E-state index in [-0.39, 0.29) is 17.3 Å². The maximum absolute atomic E-state index is 11.5. The van der Waals surface area contributed by atoms with Crippen molar-refractivity contribution in [3.05, 3.63) is 23.3 Å². The number of hydrogen-bond acceptors (Lipinski definition) is 5. The normalized spacial score (nSPS) is 36.1. The molecule has 3 aliphatic rings. The van der Waals surface area contributed by atoms with Crippen LogP contribution < -0.4 is 9.88 Å². The average molecular weight is 381 g/mol. The van der Waals surface area contributed by atoms with E-state index in [0.29, 0.717) is 23.5 Å². The molecule has 4 rings (SSSR count). The van der Waals surface area contributed by atoms with Crippen LogP contribution in [0.15, 0.2) is 12.1 Å². The number of rotatable bonds is 3. The van der Waals surface area contributed by atoms with Gasteiger partial charge in [0, 0.05) is 0 Å². The number of benzene rings is 1. The molecule has 5 atom stereocenters. The van der Waals surface area contributed by atoms with Gasteiger partial charge in [-0.2, -0.15) is 8.42 Å². The summed E-state index contributed by atoms with van der Waals surface area (Å²) in [5.74, 6) is 2.09. The van der Waals surface area contributed by atoms with Gasteiger partial charge in [-0.05, 0) is 85.0 Å². The van der Waals surface area contributed by atoms with Crippen LogP contribution in [0.5, 0.6) is 11.5 Å². The van der Waals surface area contributed by atoms with Gasteiger partial charge in [0.2, 0.25) is 0 Å². The van der Waals surface area contributed by atoms with Crippen LogP contribution in [0.3, 0.4) is 0 Å². The van der Waals surface area contributed by atoms with E-state index < -0.39 is 10.3 Å². The average Bonchev–Trinajstić information content (AvgIpc) is 2.89. The minimum Gasteiger partial charge on any atom is -0.504 e. The van der Waals surface area contributed by atoms with Crippen LogP contribution in [0.1, 0.15) is 56.1 Å². The van der Waals surface area contributed by atoms with E-state index in [9.17, 15) is 13.5 Å². The lowest BCUT2D eigenvalue weighted by Crippen LogP contribution is -2.45. The van der Waals surface area contributed by atoms with Crippen LogP contribution in [0.4, 0.5) is 0 Å². The van der Waals surface area contributed by atoms with Crippen molar-refractivity contribution >= 4 is 10.3 Å². The van der Waals surface area contributed by atoms with Gasteiger partial charge >= 0.3 is 10.3 Å². The molecule has 0 radical (unpaired) electrons. The summed E-state index contributed by atoms with van der Waals surface area (Å²) in [6.45, 7) is 2.17. The Morgan fingerprint density at radius 3 is 2.69 bits per heavy atom. The van der Waals surface area contributed by atoms with Crippen molar-refractivity contribution in [2.45, 2.75) is 57.5 Å². The molecule has 4 unspecified atom stereocenters. The highest BCUT2D eigenvalue weighted by molar-refractivity contribution is 7.84. The molecule has 0 saturated heterocycles. The molecule has 3 N–H and O–H groups in total. The molecule has 0 amide bonds. The molecule has 6 nitrogen and oxygen atoms in total. The first-order valence-corrected chi connectivity index (χ1v) is 10.8. The lowest BCUT2D eigenvalue weighted by Gasteiger charge is -2.50. The SMILES string of the molecule is COc1cc2c(cc1O)CCC1C2CC[C@]2(C)C(OS(N)(=O)=O)CCC12. The first-order chi connectivity index (χ1) is 12.2. The predicted molar refractivity (Wildman–Crippen MR) is 97.3 cm³/mol. The van der Waals surface area contributed by atoms with Crippen LogP contribution in [-0.2, 0) is 20.9 Å². The Morgan fingerprint density at radius 2 is 2.00 bits per heavy atom. The van der Waals surface area contributed by atoms with Gasteiger partial charge < -0.3 is 9.84 Å². The molecular formula is C19H27NO5S. The summed E-state index contributed by atoms with van der Waals surface area (Å²) in [6, 6.07) is 3.84. The third-order valence-electron chi connectivity index (χ3n) is 7.19. The summed E-state index contributed by atoms with van der Waals surface area (Å²) in [6.07, 6.45) is 5.30. The molecule has 26 heavy (non-hydrogen) atoms. The molecule has 1 aromatic rings. The Morgan fingerprint density at radius 1 is 1.23 bits per heavy atom. The van der Waals surface area contributed by atoms with Crippen molar-refractivity contribution in [3.63, 3.8) is 0 Å². The fraction of sp³-hybridized carbons (Fsp3) is 0.684. The summed E-state index contributed by atoms with van der Waals surface area (Å²) in [7, 11) is -2.36. The number of ether oxygens (including phenoxy) is 1. The number of phenols is 1. The van der Waals surface area contributed by atoms with Crippen molar-refractivity contribution in [1.29, 1.82) is 0 Å². The van der Waals surface area contributed by atoms with Crippen LogP contribution in [0, 0.1) is 17.3 Å². The van der Waals surface area contributed by atoms with Crippen molar-refractivity contribution in [3.8, 4) is 11.5 Å². The van der Waals surface area contributed by atoms with Crippen LogP contribution in [0.2, 0.25) is 0 Å². The number of hydrogen-bond donors (Lipinski definition) is 2. The fourth-order valence-corrected chi connectivity index (χ4v) is 6.66. The van der Waals surface area contributed by atoms with Gasteiger partial charge in [-0.15, -0.1) is 0 Å². The van der Waals surface area contributed by atoms with Gasteiger partial charge in [0.1, 0.15) is 0 Å². The zero-order chi connectivity index (χ0) is 18.7. The molecule has 0 heterocycles. The number of fused-ring (bicyclic) bond motifs is 5. The number of phenolic OH excluding ortho intramolecular Hbond substituents is 1. The van der Waals surface area contributed by atoms with Crippen LogP contribution in [0.25, 0.3) is 0 Å². The standard InChI is InChI=1S/C19H27NO5S/c1-19-8-7-12-13(15(19)5-6-18(19)25-26(20,22)23)4-3-11-9-16(21)17(24-2)10-14(11)12/h9-10,12-13,15,18,21H,3-8H2,1-2H3,(H2,20,22,23)/t12?,13?,15?,18?,19-/m0/s1. The first kappa shape index (κ1) is 18.1. The molecule has 2 fully saturated rings. The summed E-state index contributed by atoms with van der Waals surface area (Å²) in [4.78, 5) is 0. The molecule has 0 spiro atoms. The number of aromatic hydroxyl groups is 1. The fourth-order valence-electron chi connectivity index (χ4n) is 6.02. The van der Waals surface area contributed by atoms with Crippen LogP contribution >= 0.6 is 0 Å². The highest BCUT2D eigenvalue weighted by Crippen LogP contribution is 2.62. The minimum atomic E-state index is -3.93. The second-order valence-corrected chi connectivity index (χ2v) is 9.52. The summed E-state index contributed by atoms with van der Waals surface area (Å²) >= 11 is 0. The topological polar surface area (TPSA) is 98.8 Å². The Labute approximate surface area is 154 Å². The number of methoxy groups -OCH3 is 1. The lowest BCUT2D eigenvalue weighted by molar-refractivity contribution is -0.00806.